The van der Waals surface area contributed by atoms with E-state index in [1.807, 2.05) is 50.2 Å². The highest BCUT2D eigenvalue weighted by atomic mass is 16.3. The Morgan fingerprint density at radius 1 is 1.19 bits per heavy atom. The smallest absolute Gasteiger partial charge is 0.255 e. The molecule has 43 heavy (non-hydrogen) atoms. The first-order valence-electron chi connectivity index (χ1n) is 14.0. The number of hydrogen-bond acceptors (Lipinski definition) is 10. The first-order chi connectivity index (χ1) is 20.2. The molecule has 0 bridgehead atoms. The molecule has 4 rings (SSSR count). The summed E-state index contributed by atoms with van der Waals surface area (Å²) in [6, 6.07) is 0.703. The van der Waals surface area contributed by atoms with Gasteiger partial charge in [0.05, 0.1) is 11.6 Å². The molecule has 4 atom stereocenters. The summed E-state index contributed by atoms with van der Waals surface area (Å²) in [5.41, 5.74) is 4.64. The van der Waals surface area contributed by atoms with Gasteiger partial charge in [-0.05, 0) is 51.4 Å². The van der Waals surface area contributed by atoms with E-state index in [-0.39, 0.29) is 36.3 Å². The van der Waals surface area contributed by atoms with Gasteiger partial charge in [-0.15, -0.1) is 0 Å². The van der Waals surface area contributed by atoms with Gasteiger partial charge in [0.2, 0.25) is 5.78 Å². The maximum absolute atomic E-state index is 14.1. The number of Topliss-reactive ketones (excluding diaryl/α,β-unsaturated/α-hetero) is 2. The van der Waals surface area contributed by atoms with Crippen LogP contribution in [0.2, 0.25) is 0 Å². The van der Waals surface area contributed by atoms with Gasteiger partial charge in [0.15, 0.2) is 11.4 Å². The van der Waals surface area contributed by atoms with Crippen LogP contribution in [-0.2, 0) is 27.3 Å². The number of primary amides is 1. The van der Waals surface area contributed by atoms with E-state index in [0.29, 0.717) is 17.7 Å². The second-order valence-corrected chi connectivity index (χ2v) is 11.9. The number of carbonyl (C=O) groups is 3. The molecular weight excluding hydrogens is 552 g/mol. The van der Waals surface area contributed by atoms with Crippen molar-refractivity contribution in [3.63, 3.8) is 0 Å². The molecule has 1 aromatic rings. The van der Waals surface area contributed by atoms with E-state index in [1.54, 1.807) is 20.2 Å². The van der Waals surface area contributed by atoms with E-state index in [1.165, 1.54) is 4.90 Å². The summed E-state index contributed by atoms with van der Waals surface area (Å²) in [5, 5.41) is 49.1. The van der Waals surface area contributed by atoms with Gasteiger partial charge >= 0.3 is 0 Å². The number of amides is 1. The van der Waals surface area contributed by atoms with Gasteiger partial charge in [0, 0.05) is 49.9 Å². The molecule has 1 saturated carbocycles. The van der Waals surface area contributed by atoms with E-state index in [2.05, 4.69) is 11.9 Å². The summed E-state index contributed by atoms with van der Waals surface area (Å²) in [5.74, 6) is -6.67. The number of ketones is 2. The molecule has 3 aliphatic rings. The fraction of sp³-hybridized carbons (Fsp3) is 0.406. The van der Waals surface area contributed by atoms with Gasteiger partial charge in [-0.2, -0.15) is 0 Å². The molecule has 0 aliphatic heterocycles. The molecule has 0 spiro atoms. The van der Waals surface area contributed by atoms with Crippen molar-refractivity contribution in [2.75, 3.05) is 39.6 Å². The number of phenols is 1. The van der Waals surface area contributed by atoms with Crippen molar-refractivity contribution in [3.05, 3.63) is 76.1 Å². The van der Waals surface area contributed by atoms with Crippen LogP contribution in [0.15, 0.2) is 59.4 Å². The lowest BCUT2D eigenvalue weighted by Crippen LogP contribution is -2.65. The van der Waals surface area contributed by atoms with Crippen molar-refractivity contribution in [2.45, 2.75) is 38.0 Å². The highest BCUT2D eigenvalue weighted by Crippen LogP contribution is 2.54. The highest BCUT2D eigenvalue weighted by Gasteiger charge is 2.64. The molecular formula is C32H40N4O7. The molecule has 1 fully saturated rings. The van der Waals surface area contributed by atoms with Gasteiger partial charge in [-0.1, -0.05) is 36.5 Å². The number of benzene rings is 1. The predicted octanol–water partition coefficient (Wildman–Crippen LogP) is 1.81. The van der Waals surface area contributed by atoms with Crippen molar-refractivity contribution in [3.8, 4) is 5.75 Å². The van der Waals surface area contributed by atoms with Crippen LogP contribution in [0.1, 0.15) is 30.0 Å². The van der Waals surface area contributed by atoms with Crippen LogP contribution in [-0.4, -0.2) is 89.2 Å². The van der Waals surface area contributed by atoms with E-state index in [4.69, 9.17) is 5.73 Å². The largest absolute Gasteiger partial charge is 0.508 e. The lowest BCUT2D eigenvalue weighted by Gasteiger charge is -2.50. The molecule has 0 radical (unpaired) electrons. The second kappa shape index (κ2) is 11.8. The summed E-state index contributed by atoms with van der Waals surface area (Å²) in [6.07, 6.45) is 7.55. The molecule has 230 valence electrons. The number of hydrogen-bond donors (Lipinski definition) is 6. The number of carbonyl (C=O) groups excluding carboxylic acids is 3. The third-order valence-corrected chi connectivity index (χ3v) is 8.61. The summed E-state index contributed by atoms with van der Waals surface area (Å²) in [4.78, 5) is 42.9. The normalized spacial score (nSPS) is 25.7. The van der Waals surface area contributed by atoms with E-state index in [9.17, 15) is 34.8 Å². The fourth-order valence-electron chi connectivity index (χ4n) is 6.63. The third kappa shape index (κ3) is 5.17. The Bertz CT molecular complexity index is 1520. The highest BCUT2D eigenvalue weighted by molar-refractivity contribution is 6.24. The minimum atomic E-state index is -2.67. The molecule has 11 heteroatoms. The third-order valence-electron chi connectivity index (χ3n) is 8.61. The van der Waals surface area contributed by atoms with E-state index < -0.39 is 58.0 Å². The summed E-state index contributed by atoms with van der Waals surface area (Å²) >= 11 is 0. The average Bonchev–Trinajstić information content (AvgIpc) is 2.91. The van der Waals surface area contributed by atoms with Crippen LogP contribution in [0.3, 0.4) is 0 Å². The van der Waals surface area contributed by atoms with Gasteiger partial charge in [-0.25, -0.2) is 0 Å². The Labute approximate surface area is 251 Å². The minimum absolute atomic E-state index is 0.0363. The number of aliphatic hydroxyl groups is 3. The molecule has 0 heterocycles. The number of nitrogens with two attached hydrogens (primary N) is 1. The molecule has 0 unspecified atom stereocenters. The molecule has 11 nitrogen and oxygen atoms in total. The standard InChI is InChI=1S/C32H40N4O7/c1-7-8-9-10-16(2)14-34-15-18-13-21(35(3)4)19-11-17-12-20-25(36(5)6)28(39)24(31(33)42)30(41)32(20,43)29(40)22(17)27(38)23(19)26(18)37/h7-10,13,17,20,25,34,37-38,41,43H,1,11-12,14-15H2,2-6H3,(H2,33,42)/b9-8-,16-10+/t17-,20-,25-,32-/m0/s1. The lowest BCUT2D eigenvalue weighted by atomic mass is 9.57. The Morgan fingerprint density at radius 2 is 1.86 bits per heavy atom. The van der Waals surface area contributed by atoms with Gasteiger partial charge in [0.1, 0.15) is 22.8 Å². The van der Waals surface area contributed by atoms with Gasteiger partial charge in [-0.3, -0.25) is 19.3 Å². The van der Waals surface area contributed by atoms with Crippen molar-refractivity contribution < 1.29 is 34.8 Å². The van der Waals surface area contributed by atoms with Crippen molar-refractivity contribution in [1.82, 2.24) is 10.2 Å². The van der Waals surface area contributed by atoms with E-state index >= 15 is 0 Å². The maximum Gasteiger partial charge on any atom is 0.255 e. The first kappa shape index (κ1) is 31.7. The zero-order valence-corrected chi connectivity index (χ0v) is 25.1. The Morgan fingerprint density at radius 3 is 2.44 bits per heavy atom. The van der Waals surface area contributed by atoms with Crippen LogP contribution >= 0.6 is 0 Å². The van der Waals surface area contributed by atoms with Crippen molar-refractivity contribution >= 4 is 28.9 Å². The van der Waals surface area contributed by atoms with E-state index in [0.717, 1.165) is 11.3 Å². The Kier molecular flexibility index (Phi) is 8.73. The SMILES string of the molecule is C=C/C=C\C=C(/C)CNCc1cc(N(C)C)c2c(c1O)C(O)=C1C(=O)[C@]3(O)C(O)=C(C(N)=O)C(=O)[C@@H](N(C)C)[C@@H]3C[C@@H]1C2. The lowest BCUT2D eigenvalue weighted by molar-refractivity contribution is -0.153. The quantitative estimate of drug-likeness (QED) is 0.183. The van der Waals surface area contributed by atoms with Crippen molar-refractivity contribution in [1.29, 1.82) is 0 Å². The molecule has 7 N–H and O–H groups in total. The maximum atomic E-state index is 14.1. The summed E-state index contributed by atoms with van der Waals surface area (Å²) < 4.78 is 0. The number of rotatable bonds is 9. The number of nitrogens with zero attached hydrogens (tertiary/aromatic N) is 2. The van der Waals surface area contributed by atoms with Gasteiger partial charge in [0.25, 0.3) is 5.91 Å². The van der Waals surface area contributed by atoms with Crippen LogP contribution in [0.5, 0.6) is 5.75 Å². The van der Waals surface area contributed by atoms with Gasteiger partial charge < -0.3 is 36.4 Å². The number of fused-ring (bicyclic) bond motifs is 3. The van der Waals surface area contributed by atoms with Crippen LogP contribution < -0.4 is 16.0 Å². The number of nitrogens with one attached hydrogen (secondary N) is 1. The number of aliphatic hydroxyl groups excluding tert-OH is 2. The zero-order chi connectivity index (χ0) is 32.0. The predicted molar refractivity (Wildman–Crippen MR) is 163 cm³/mol. The molecule has 0 saturated heterocycles. The average molecular weight is 593 g/mol. The van der Waals surface area contributed by atoms with Crippen molar-refractivity contribution in [2.24, 2.45) is 17.6 Å². The number of phenolic OH excluding ortho intramolecular Hbond substituents is 1. The Balaban J connectivity index is 1.84. The van der Waals surface area contributed by atoms with Crippen LogP contribution in [0, 0.1) is 11.8 Å². The number of likely N-dealkylation sites (N-methyl/N-ethyl adjacent to an activating group) is 1. The van der Waals surface area contributed by atoms with Crippen LogP contribution in [0.4, 0.5) is 5.69 Å². The topological polar surface area (TPSA) is 177 Å². The monoisotopic (exact) mass is 592 g/mol. The number of aromatic hydroxyl groups is 1. The van der Waals surface area contributed by atoms with Crippen LogP contribution in [0.25, 0.3) is 5.76 Å². The summed E-state index contributed by atoms with van der Waals surface area (Å²) in [6.45, 7) is 6.37. The molecule has 0 aromatic heterocycles. The molecule has 1 amide bonds. The first-order valence-corrected chi connectivity index (χ1v) is 14.0. The fourth-order valence-corrected chi connectivity index (χ4v) is 6.63. The molecule has 1 aromatic carbocycles. The number of allylic oxidation sites excluding steroid dienone is 4. The zero-order valence-electron chi connectivity index (χ0n) is 25.1. The minimum Gasteiger partial charge on any atom is -0.508 e. The molecule has 3 aliphatic carbocycles. The Hall–Kier alpha value is -4.19. The second-order valence-electron chi connectivity index (χ2n) is 11.9. The number of anilines is 1. The summed E-state index contributed by atoms with van der Waals surface area (Å²) in [7, 11) is 6.81.